The normalized spacial score (nSPS) is 16.7. The van der Waals surface area contributed by atoms with E-state index in [1.165, 1.54) is 6.07 Å². The minimum absolute atomic E-state index is 0.0423. The summed E-state index contributed by atoms with van der Waals surface area (Å²) in [4.78, 5) is 14.5. The SMILES string of the molecule is Cc1ccc(CNC(=O)C2CCN(CCCO)CC2)cc1F. The van der Waals surface area contributed by atoms with Crippen molar-refractivity contribution in [3.63, 3.8) is 0 Å². The Morgan fingerprint density at radius 1 is 1.41 bits per heavy atom. The van der Waals surface area contributed by atoms with Crippen LogP contribution in [0, 0.1) is 18.7 Å². The lowest BCUT2D eigenvalue weighted by Gasteiger charge is -2.31. The van der Waals surface area contributed by atoms with Crippen molar-refractivity contribution in [2.24, 2.45) is 5.92 Å². The van der Waals surface area contributed by atoms with Crippen LogP contribution in [0.3, 0.4) is 0 Å². The molecule has 22 heavy (non-hydrogen) atoms. The number of carbonyl (C=O) groups is 1. The number of benzene rings is 1. The van der Waals surface area contributed by atoms with Gasteiger partial charge in [0, 0.05) is 25.6 Å². The van der Waals surface area contributed by atoms with Gasteiger partial charge in [0.2, 0.25) is 5.91 Å². The molecule has 2 N–H and O–H groups in total. The fourth-order valence-corrected chi connectivity index (χ4v) is 2.79. The molecule has 0 saturated carbocycles. The average molecular weight is 308 g/mol. The number of likely N-dealkylation sites (tertiary alicyclic amines) is 1. The van der Waals surface area contributed by atoms with Gasteiger partial charge in [-0.25, -0.2) is 4.39 Å². The highest BCUT2D eigenvalue weighted by molar-refractivity contribution is 5.78. The van der Waals surface area contributed by atoms with Crippen LogP contribution in [0.25, 0.3) is 0 Å². The monoisotopic (exact) mass is 308 g/mol. The Balaban J connectivity index is 1.75. The van der Waals surface area contributed by atoms with Gasteiger partial charge in [-0.3, -0.25) is 4.79 Å². The maximum absolute atomic E-state index is 13.5. The minimum atomic E-state index is -0.232. The minimum Gasteiger partial charge on any atom is -0.396 e. The van der Waals surface area contributed by atoms with E-state index in [1.807, 2.05) is 6.07 Å². The Hall–Kier alpha value is -1.46. The molecule has 1 aromatic carbocycles. The third-order valence-corrected chi connectivity index (χ3v) is 4.29. The number of carbonyl (C=O) groups excluding carboxylic acids is 1. The molecule has 0 atom stereocenters. The lowest BCUT2D eigenvalue weighted by atomic mass is 9.95. The molecule has 0 spiro atoms. The lowest BCUT2D eigenvalue weighted by molar-refractivity contribution is -0.126. The van der Waals surface area contributed by atoms with E-state index < -0.39 is 0 Å². The molecule has 4 nitrogen and oxygen atoms in total. The number of nitrogens with zero attached hydrogens (tertiary/aromatic N) is 1. The molecule has 0 bridgehead atoms. The first-order valence-electron chi connectivity index (χ1n) is 7.96. The van der Waals surface area contributed by atoms with E-state index in [1.54, 1.807) is 13.0 Å². The van der Waals surface area contributed by atoms with Crippen LogP contribution in [-0.4, -0.2) is 42.2 Å². The van der Waals surface area contributed by atoms with Gasteiger partial charge in [-0.15, -0.1) is 0 Å². The quantitative estimate of drug-likeness (QED) is 0.843. The Kier molecular flexibility index (Phi) is 6.34. The van der Waals surface area contributed by atoms with Gasteiger partial charge in [0.25, 0.3) is 0 Å². The number of rotatable bonds is 6. The van der Waals surface area contributed by atoms with Crippen LogP contribution in [0.15, 0.2) is 18.2 Å². The third kappa shape index (κ3) is 4.78. The number of piperidine rings is 1. The lowest BCUT2D eigenvalue weighted by Crippen LogP contribution is -2.40. The smallest absolute Gasteiger partial charge is 0.223 e. The molecule has 1 heterocycles. The molecule has 5 heteroatoms. The molecule has 2 rings (SSSR count). The average Bonchev–Trinajstić information content (AvgIpc) is 2.54. The fraction of sp³-hybridized carbons (Fsp3) is 0.588. The molecule has 122 valence electrons. The zero-order valence-electron chi connectivity index (χ0n) is 13.1. The van der Waals surface area contributed by atoms with E-state index in [-0.39, 0.29) is 24.2 Å². The number of amides is 1. The van der Waals surface area contributed by atoms with Gasteiger partial charge in [-0.05, 0) is 56.5 Å². The zero-order valence-corrected chi connectivity index (χ0v) is 13.1. The van der Waals surface area contributed by atoms with Gasteiger partial charge in [0.05, 0.1) is 0 Å². The first-order valence-corrected chi connectivity index (χ1v) is 7.96. The summed E-state index contributed by atoms with van der Waals surface area (Å²) in [6, 6.07) is 5.06. The summed E-state index contributed by atoms with van der Waals surface area (Å²) in [5.41, 5.74) is 1.40. The highest BCUT2D eigenvalue weighted by atomic mass is 19.1. The van der Waals surface area contributed by atoms with Gasteiger partial charge < -0.3 is 15.3 Å². The second-order valence-electron chi connectivity index (χ2n) is 5.99. The van der Waals surface area contributed by atoms with Crippen LogP contribution in [0.5, 0.6) is 0 Å². The second kappa shape index (κ2) is 8.25. The van der Waals surface area contributed by atoms with Gasteiger partial charge in [0.15, 0.2) is 0 Å². The van der Waals surface area contributed by atoms with Crippen molar-refractivity contribution in [3.05, 3.63) is 35.1 Å². The Morgan fingerprint density at radius 2 is 2.14 bits per heavy atom. The van der Waals surface area contributed by atoms with E-state index in [0.717, 1.165) is 44.5 Å². The van der Waals surface area contributed by atoms with E-state index in [2.05, 4.69) is 10.2 Å². The Labute approximate surface area is 131 Å². The zero-order chi connectivity index (χ0) is 15.9. The molecule has 1 amide bonds. The molecule has 0 unspecified atom stereocenters. The van der Waals surface area contributed by atoms with Crippen molar-refractivity contribution in [2.75, 3.05) is 26.2 Å². The molecular formula is C17H25FN2O2. The van der Waals surface area contributed by atoms with Gasteiger partial charge in [0.1, 0.15) is 5.82 Å². The van der Waals surface area contributed by atoms with Crippen LogP contribution in [0.2, 0.25) is 0 Å². The standard InChI is InChI=1S/C17H25FN2O2/c1-13-3-4-14(11-16(13)18)12-19-17(22)15-5-8-20(9-6-15)7-2-10-21/h3-4,11,15,21H,2,5-10,12H2,1H3,(H,19,22). The summed E-state index contributed by atoms with van der Waals surface area (Å²) >= 11 is 0. The van der Waals surface area contributed by atoms with Crippen molar-refractivity contribution in [1.29, 1.82) is 0 Å². The number of nitrogens with one attached hydrogen (secondary N) is 1. The molecule has 1 aliphatic rings. The second-order valence-corrected chi connectivity index (χ2v) is 5.99. The summed E-state index contributed by atoms with van der Waals surface area (Å²) in [7, 11) is 0. The van der Waals surface area contributed by atoms with Crippen LogP contribution < -0.4 is 5.32 Å². The predicted octanol–water partition coefficient (Wildman–Crippen LogP) is 1.84. The fourth-order valence-electron chi connectivity index (χ4n) is 2.79. The number of halogens is 1. The number of hydrogen-bond donors (Lipinski definition) is 2. The van der Waals surface area contributed by atoms with Gasteiger partial charge >= 0.3 is 0 Å². The number of aliphatic hydroxyl groups excluding tert-OH is 1. The molecule has 0 aliphatic carbocycles. The Morgan fingerprint density at radius 3 is 2.77 bits per heavy atom. The largest absolute Gasteiger partial charge is 0.396 e. The van der Waals surface area contributed by atoms with E-state index >= 15 is 0 Å². The number of aliphatic hydroxyl groups is 1. The maximum Gasteiger partial charge on any atom is 0.223 e. The van der Waals surface area contributed by atoms with Crippen molar-refractivity contribution in [3.8, 4) is 0 Å². The van der Waals surface area contributed by atoms with Crippen LogP contribution in [0.1, 0.15) is 30.4 Å². The van der Waals surface area contributed by atoms with Gasteiger partial charge in [-0.1, -0.05) is 12.1 Å². The predicted molar refractivity (Wildman–Crippen MR) is 83.9 cm³/mol. The van der Waals surface area contributed by atoms with Crippen molar-refractivity contribution in [2.45, 2.75) is 32.7 Å². The van der Waals surface area contributed by atoms with Crippen molar-refractivity contribution < 1.29 is 14.3 Å². The molecule has 0 radical (unpaired) electrons. The number of aryl methyl sites for hydroxylation is 1. The third-order valence-electron chi connectivity index (χ3n) is 4.29. The van der Waals surface area contributed by atoms with Crippen LogP contribution in [0.4, 0.5) is 4.39 Å². The summed E-state index contributed by atoms with van der Waals surface area (Å²) in [5.74, 6) is -0.132. The first kappa shape index (κ1) is 16.9. The van der Waals surface area contributed by atoms with Crippen molar-refractivity contribution in [1.82, 2.24) is 10.2 Å². The van der Waals surface area contributed by atoms with E-state index in [9.17, 15) is 9.18 Å². The summed E-state index contributed by atoms with van der Waals surface area (Å²) in [6.45, 7) is 5.01. The highest BCUT2D eigenvalue weighted by Gasteiger charge is 2.24. The van der Waals surface area contributed by atoms with Crippen LogP contribution in [-0.2, 0) is 11.3 Å². The first-order chi connectivity index (χ1) is 10.6. The van der Waals surface area contributed by atoms with E-state index in [4.69, 9.17) is 5.11 Å². The molecule has 1 aliphatic heterocycles. The maximum atomic E-state index is 13.5. The molecular weight excluding hydrogens is 283 g/mol. The topological polar surface area (TPSA) is 52.6 Å². The Bertz CT molecular complexity index is 499. The summed E-state index contributed by atoms with van der Waals surface area (Å²) in [6.07, 6.45) is 2.48. The molecule has 1 saturated heterocycles. The molecule has 1 fully saturated rings. The van der Waals surface area contributed by atoms with Crippen LogP contribution >= 0.6 is 0 Å². The molecule has 1 aromatic rings. The molecule has 0 aromatic heterocycles. The number of hydrogen-bond acceptors (Lipinski definition) is 3. The van der Waals surface area contributed by atoms with Crippen molar-refractivity contribution >= 4 is 5.91 Å². The van der Waals surface area contributed by atoms with Gasteiger partial charge in [-0.2, -0.15) is 0 Å². The summed E-state index contributed by atoms with van der Waals surface area (Å²) in [5, 5.41) is 11.7. The summed E-state index contributed by atoms with van der Waals surface area (Å²) < 4.78 is 13.5. The highest BCUT2D eigenvalue weighted by Crippen LogP contribution is 2.18. The van der Waals surface area contributed by atoms with E-state index in [0.29, 0.717) is 12.1 Å².